The van der Waals surface area contributed by atoms with Crippen LogP contribution in [0, 0.1) is 11.3 Å². The number of rotatable bonds is 6. The summed E-state index contributed by atoms with van der Waals surface area (Å²) in [5, 5.41) is 9.17. The number of piperazine rings is 1. The zero-order valence-electron chi connectivity index (χ0n) is 15.8. The number of ketones is 1. The van der Waals surface area contributed by atoms with E-state index in [0.29, 0.717) is 5.56 Å². The molecule has 0 saturated carbocycles. The molecule has 1 aliphatic heterocycles. The van der Waals surface area contributed by atoms with Crippen LogP contribution in [-0.2, 0) is 14.8 Å². The van der Waals surface area contributed by atoms with Gasteiger partial charge in [-0.25, -0.2) is 8.42 Å². The summed E-state index contributed by atoms with van der Waals surface area (Å²) in [6.07, 6.45) is 0.217. The van der Waals surface area contributed by atoms with Gasteiger partial charge in [0, 0.05) is 44.6 Å². The SMILES string of the molecule is N#Cc1ccccc1S(=O)(=O)N1CCN(C(=O)CCC(=O)c2ccccc2)CC1. The van der Waals surface area contributed by atoms with E-state index in [2.05, 4.69) is 0 Å². The van der Waals surface area contributed by atoms with Crippen LogP contribution in [0.3, 0.4) is 0 Å². The van der Waals surface area contributed by atoms with Crippen LogP contribution in [-0.4, -0.2) is 55.5 Å². The predicted molar refractivity (Wildman–Crippen MR) is 107 cm³/mol. The molecule has 1 amide bonds. The molecule has 1 aliphatic rings. The lowest BCUT2D eigenvalue weighted by atomic mass is 10.1. The molecular weight excluding hydrogens is 390 g/mol. The van der Waals surface area contributed by atoms with Crippen molar-refractivity contribution in [3.63, 3.8) is 0 Å². The molecule has 2 aromatic carbocycles. The van der Waals surface area contributed by atoms with Crippen LogP contribution >= 0.6 is 0 Å². The number of amides is 1. The van der Waals surface area contributed by atoms with Crippen LogP contribution in [0.15, 0.2) is 59.5 Å². The zero-order chi connectivity index (χ0) is 20.9. The first-order chi connectivity index (χ1) is 13.9. The smallest absolute Gasteiger partial charge is 0.244 e. The van der Waals surface area contributed by atoms with Crippen molar-refractivity contribution in [2.75, 3.05) is 26.2 Å². The van der Waals surface area contributed by atoms with Gasteiger partial charge < -0.3 is 4.90 Å². The second kappa shape index (κ2) is 8.99. The van der Waals surface area contributed by atoms with E-state index < -0.39 is 10.0 Å². The third kappa shape index (κ3) is 4.70. The topological polar surface area (TPSA) is 98.5 Å². The van der Waals surface area contributed by atoms with Gasteiger partial charge in [-0.15, -0.1) is 0 Å². The lowest BCUT2D eigenvalue weighted by Crippen LogP contribution is -2.50. The predicted octanol–water partition coefficient (Wildman–Crippen LogP) is 2.05. The van der Waals surface area contributed by atoms with Gasteiger partial charge >= 0.3 is 0 Å². The van der Waals surface area contributed by atoms with Crippen molar-refractivity contribution in [2.45, 2.75) is 17.7 Å². The molecule has 1 heterocycles. The van der Waals surface area contributed by atoms with Gasteiger partial charge in [0.05, 0.1) is 10.5 Å². The summed E-state index contributed by atoms with van der Waals surface area (Å²) < 4.78 is 27.0. The molecule has 8 heteroatoms. The average Bonchev–Trinajstić information content (AvgIpc) is 2.77. The van der Waals surface area contributed by atoms with Crippen LogP contribution < -0.4 is 0 Å². The molecule has 1 saturated heterocycles. The van der Waals surface area contributed by atoms with Gasteiger partial charge in [0.25, 0.3) is 0 Å². The third-order valence-corrected chi connectivity index (χ3v) is 6.84. The standard InChI is InChI=1S/C21H21N3O4S/c22-16-18-8-4-5-9-20(18)29(27,28)24-14-12-23(13-15-24)21(26)11-10-19(25)17-6-2-1-3-7-17/h1-9H,10-15H2. The number of sulfonamides is 1. The first-order valence-corrected chi connectivity index (χ1v) is 10.7. The van der Waals surface area contributed by atoms with Gasteiger partial charge in [-0.05, 0) is 12.1 Å². The van der Waals surface area contributed by atoms with Crippen molar-refractivity contribution in [1.82, 2.24) is 9.21 Å². The number of nitriles is 1. The molecule has 3 rings (SSSR count). The molecule has 7 nitrogen and oxygen atoms in total. The van der Waals surface area contributed by atoms with E-state index in [1.165, 1.54) is 16.4 Å². The Morgan fingerprint density at radius 1 is 0.897 bits per heavy atom. The number of Topliss-reactive ketones (excluding diaryl/α,β-unsaturated/α-hetero) is 1. The van der Waals surface area contributed by atoms with Crippen molar-refractivity contribution >= 4 is 21.7 Å². The molecule has 0 aliphatic carbocycles. The number of nitrogens with zero attached hydrogens (tertiary/aromatic N) is 3. The molecule has 29 heavy (non-hydrogen) atoms. The third-order valence-electron chi connectivity index (χ3n) is 4.88. The van der Waals surface area contributed by atoms with E-state index in [-0.39, 0.29) is 61.2 Å². The monoisotopic (exact) mass is 411 g/mol. The first kappa shape index (κ1) is 20.7. The Balaban J connectivity index is 1.57. The van der Waals surface area contributed by atoms with Crippen LogP contribution in [0.25, 0.3) is 0 Å². The molecule has 0 radical (unpaired) electrons. The molecule has 0 atom stereocenters. The highest BCUT2D eigenvalue weighted by Gasteiger charge is 2.31. The fourth-order valence-corrected chi connectivity index (χ4v) is 4.81. The van der Waals surface area contributed by atoms with Gasteiger partial charge in [-0.3, -0.25) is 9.59 Å². The number of benzene rings is 2. The fraction of sp³-hybridized carbons (Fsp3) is 0.286. The summed E-state index contributed by atoms with van der Waals surface area (Å²) in [5.41, 5.74) is 0.679. The minimum absolute atomic E-state index is 0.0178. The van der Waals surface area contributed by atoms with E-state index in [1.54, 1.807) is 41.3 Å². The molecule has 0 spiro atoms. The Hall–Kier alpha value is -3.02. The van der Waals surface area contributed by atoms with E-state index in [9.17, 15) is 18.0 Å². The molecule has 0 bridgehead atoms. The number of carbonyl (C=O) groups is 2. The Morgan fingerprint density at radius 3 is 2.17 bits per heavy atom. The molecule has 0 N–H and O–H groups in total. The molecule has 1 fully saturated rings. The van der Waals surface area contributed by atoms with Gasteiger partial charge in [-0.1, -0.05) is 42.5 Å². The minimum atomic E-state index is -3.80. The molecule has 0 unspecified atom stereocenters. The first-order valence-electron chi connectivity index (χ1n) is 9.29. The van der Waals surface area contributed by atoms with Crippen molar-refractivity contribution < 1.29 is 18.0 Å². The van der Waals surface area contributed by atoms with Crippen molar-refractivity contribution in [1.29, 1.82) is 5.26 Å². The van der Waals surface area contributed by atoms with Crippen LogP contribution in [0.2, 0.25) is 0 Å². The second-order valence-electron chi connectivity index (χ2n) is 6.68. The van der Waals surface area contributed by atoms with Crippen LogP contribution in [0.1, 0.15) is 28.8 Å². The molecule has 150 valence electrons. The van der Waals surface area contributed by atoms with E-state index >= 15 is 0 Å². The highest BCUT2D eigenvalue weighted by molar-refractivity contribution is 7.89. The maximum absolute atomic E-state index is 12.8. The van der Waals surface area contributed by atoms with Crippen molar-refractivity contribution in [3.8, 4) is 6.07 Å². The van der Waals surface area contributed by atoms with E-state index in [4.69, 9.17) is 5.26 Å². The Bertz CT molecular complexity index is 1040. The van der Waals surface area contributed by atoms with Gasteiger partial charge in [0.2, 0.25) is 15.9 Å². The van der Waals surface area contributed by atoms with Gasteiger partial charge in [0.1, 0.15) is 6.07 Å². The number of hydrogen-bond donors (Lipinski definition) is 0. The van der Waals surface area contributed by atoms with Crippen LogP contribution in [0.5, 0.6) is 0 Å². The van der Waals surface area contributed by atoms with Crippen LogP contribution in [0.4, 0.5) is 0 Å². The summed E-state index contributed by atoms with van der Waals surface area (Å²) in [7, 11) is -3.80. The molecule has 0 aromatic heterocycles. The summed E-state index contributed by atoms with van der Waals surface area (Å²) in [6, 6.07) is 16.8. The summed E-state index contributed by atoms with van der Waals surface area (Å²) >= 11 is 0. The zero-order valence-corrected chi connectivity index (χ0v) is 16.6. The summed E-state index contributed by atoms with van der Waals surface area (Å²) in [6.45, 7) is 0.819. The average molecular weight is 411 g/mol. The maximum Gasteiger partial charge on any atom is 0.244 e. The van der Waals surface area contributed by atoms with E-state index in [1.807, 2.05) is 12.1 Å². The summed E-state index contributed by atoms with van der Waals surface area (Å²) in [4.78, 5) is 26.1. The van der Waals surface area contributed by atoms with Crippen molar-refractivity contribution in [2.24, 2.45) is 0 Å². The van der Waals surface area contributed by atoms with E-state index in [0.717, 1.165) is 0 Å². The Labute approximate surface area is 170 Å². The highest BCUT2D eigenvalue weighted by atomic mass is 32.2. The minimum Gasteiger partial charge on any atom is -0.340 e. The van der Waals surface area contributed by atoms with Gasteiger partial charge in [-0.2, -0.15) is 9.57 Å². The highest BCUT2D eigenvalue weighted by Crippen LogP contribution is 2.21. The van der Waals surface area contributed by atoms with Crippen molar-refractivity contribution in [3.05, 3.63) is 65.7 Å². The second-order valence-corrected chi connectivity index (χ2v) is 8.59. The normalized spacial score (nSPS) is 14.9. The number of hydrogen-bond acceptors (Lipinski definition) is 5. The maximum atomic E-state index is 12.8. The Morgan fingerprint density at radius 2 is 1.52 bits per heavy atom. The largest absolute Gasteiger partial charge is 0.340 e. The summed E-state index contributed by atoms with van der Waals surface area (Å²) in [5.74, 6) is -0.253. The number of carbonyl (C=O) groups excluding carboxylic acids is 2. The lowest BCUT2D eigenvalue weighted by Gasteiger charge is -2.34. The van der Waals surface area contributed by atoms with Gasteiger partial charge in [0.15, 0.2) is 5.78 Å². The molecular formula is C21H21N3O4S. The molecule has 2 aromatic rings. The quantitative estimate of drug-likeness (QED) is 0.678. The fourth-order valence-electron chi connectivity index (χ4n) is 3.25. The lowest BCUT2D eigenvalue weighted by molar-refractivity contribution is -0.132. The Kier molecular flexibility index (Phi) is 6.42.